The largest absolute Gasteiger partial charge is 0.0695 e. The van der Waals surface area contributed by atoms with Crippen LogP contribution in [0.5, 0.6) is 0 Å². The summed E-state index contributed by atoms with van der Waals surface area (Å²) in [6.45, 7) is 7.43. The molecular formula is C8H18Si. The van der Waals surface area contributed by atoms with Crippen molar-refractivity contribution in [1.82, 2.24) is 0 Å². The van der Waals surface area contributed by atoms with E-state index in [1.807, 2.05) is 0 Å². The third kappa shape index (κ3) is 2.52. The Morgan fingerprint density at radius 2 is 1.78 bits per heavy atom. The molecule has 9 heavy (non-hydrogen) atoms. The van der Waals surface area contributed by atoms with Gasteiger partial charge in [0.05, 0.1) is 0 Å². The summed E-state index contributed by atoms with van der Waals surface area (Å²) in [5.41, 5.74) is 0. The molecule has 0 amide bonds. The minimum absolute atomic E-state index is 0.690. The van der Waals surface area contributed by atoms with E-state index >= 15 is 0 Å². The predicted molar refractivity (Wildman–Crippen MR) is 45.5 cm³/mol. The summed E-state index contributed by atoms with van der Waals surface area (Å²) in [4.78, 5) is 0. The standard InChI is InChI=1S/C8H18Si/c1-9(2,3)7-8-5-4-6-8/h8H,4-7H2,1-3H3. The average molecular weight is 142 g/mol. The molecule has 54 valence electrons. The Balaban J connectivity index is 2.16. The molecule has 1 aliphatic rings. The molecule has 0 aromatic carbocycles. The Morgan fingerprint density at radius 3 is 1.89 bits per heavy atom. The van der Waals surface area contributed by atoms with E-state index in [0.717, 1.165) is 5.92 Å². The Labute approximate surface area is 59.7 Å². The van der Waals surface area contributed by atoms with E-state index in [-0.39, 0.29) is 0 Å². The van der Waals surface area contributed by atoms with Crippen molar-refractivity contribution in [2.45, 2.75) is 44.9 Å². The summed E-state index contributed by atoms with van der Waals surface area (Å²) in [5, 5.41) is 0. The fourth-order valence-electron chi connectivity index (χ4n) is 1.56. The van der Waals surface area contributed by atoms with Crippen LogP contribution in [0.4, 0.5) is 0 Å². The van der Waals surface area contributed by atoms with Crippen molar-refractivity contribution in [3.63, 3.8) is 0 Å². The van der Waals surface area contributed by atoms with Crippen molar-refractivity contribution in [3.05, 3.63) is 0 Å². The zero-order chi connectivity index (χ0) is 6.91. The first-order valence-corrected chi connectivity index (χ1v) is 7.79. The first kappa shape index (κ1) is 7.33. The number of hydrogen-bond acceptors (Lipinski definition) is 0. The molecule has 1 saturated carbocycles. The molecule has 0 aliphatic heterocycles. The maximum atomic E-state index is 2.48. The van der Waals surface area contributed by atoms with Gasteiger partial charge in [0.2, 0.25) is 0 Å². The SMILES string of the molecule is C[Si](C)(C)CC1CCC1. The molecule has 0 atom stereocenters. The lowest BCUT2D eigenvalue weighted by atomic mass is 9.87. The van der Waals surface area contributed by atoms with Gasteiger partial charge >= 0.3 is 0 Å². The van der Waals surface area contributed by atoms with E-state index in [1.54, 1.807) is 6.04 Å². The van der Waals surface area contributed by atoms with Gasteiger partial charge in [0.1, 0.15) is 0 Å². The van der Waals surface area contributed by atoms with Crippen LogP contribution in [-0.2, 0) is 0 Å². The third-order valence-electron chi connectivity index (χ3n) is 2.13. The van der Waals surface area contributed by atoms with Crippen molar-refractivity contribution in [3.8, 4) is 0 Å². The quantitative estimate of drug-likeness (QED) is 0.520. The molecule has 1 fully saturated rings. The van der Waals surface area contributed by atoms with Gasteiger partial charge in [-0.15, -0.1) is 0 Å². The van der Waals surface area contributed by atoms with Gasteiger partial charge in [-0.05, 0) is 5.92 Å². The minimum Gasteiger partial charge on any atom is -0.0695 e. The number of hydrogen-bond donors (Lipinski definition) is 0. The van der Waals surface area contributed by atoms with Crippen molar-refractivity contribution in [2.24, 2.45) is 5.92 Å². The maximum absolute atomic E-state index is 2.48. The highest BCUT2D eigenvalue weighted by Gasteiger charge is 2.24. The lowest BCUT2D eigenvalue weighted by Crippen LogP contribution is -2.26. The molecule has 0 nitrogen and oxygen atoms in total. The van der Waals surface area contributed by atoms with E-state index in [2.05, 4.69) is 19.6 Å². The predicted octanol–water partition coefficient (Wildman–Crippen LogP) is 3.12. The topological polar surface area (TPSA) is 0 Å². The smallest absolute Gasteiger partial charge is 0.0445 e. The summed E-state index contributed by atoms with van der Waals surface area (Å²) in [6, 6.07) is 1.58. The van der Waals surface area contributed by atoms with Crippen LogP contribution in [0.2, 0.25) is 25.7 Å². The molecule has 0 unspecified atom stereocenters. The second kappa shape index (κ2) is 2.45. The normalized spacial score (nSPS) is 21.7. The van der Waals surface area contributed by atoms with Gasteiger partial charge in [0, 0.05) is 8.07 Å². The number of rotatable bonds is 2. The second-order valence-electron chi connectivity index (χ2n) is 4.56. The van der Waals surface area contributed by atoms with Gasteiger partial charge in [0.15, 0.2) is 0 Å². The second-order valence-corrected chi connectivity index (χ2v) is 10.1. The average Bonchev–Trinajstić information content (AvgIpc) is 1.53. The Kier molecular flexibility index (Phi) is 1.99. The molecule has 0 spiro atoms. The monoisotopic (exact) mass is 142 g/mol. The van der Waals surface area contributed by atoms with Crippen LogP contribution in [0, 0.1) is 5.92 Å². The zero-order valence-corrected chi connectivity index (χ0v) is 7.91. The van der Waals surface area contributed by atoms with Gasteiger partial charge in [-0.2, -0.15) is 0 Å². The zero-order valence-electron chi connectivity index (χ0n) is 6.91. The van der Waals surface area contributed by atoms with Crippen LogP contribution >= 0.6 is 0 Å². The summed E-state index contributed by atoms with van der Waals surface area (Å²) < 4.78 is 0. The lowest BCUT2D eigenvalue weighted by molar-refractivity contribution is 0.343. The fourth-order valence-corrected chi connectivity index (χ4v) is 3.70. The molecule has 0 N–H and O–H groups in total. The highest BCUT2D eigenvalue weighted by Crippen LogP contribution is 2.33. The van der Waals surface area contributed by atoms with Crippen LogP contribution in [0.25, 0.3) is 0 Å². The van der Waals surface area contributed by atoms with Crippen LogP contribution in [0.15, 0.2) is 0 Å². The van der Waals surface area contributed by atoms with E-state index in [1.165, 1.54) is 19.3 Å². The fraction of sp³-hybridized carbons (Fsp3) is 1.00. The highest BCUT2D eigenvalue weighted by atomic mass is 28.3. The lowest BCUT2D eigenvalue weighted by Gasteiger charge is -2.30. The summed E-state index contributed by atoms with van der Waals surface area (Å²) in [5.74, 6) is 1.14. The minimum atomic E-state index is -0.690. The van der Waals surface area contributed by atoms with Crippen molar-refractivity contribution in [2.75, 3.05) is 0 Å². The molecule has 0 radical (unpaired) electrons. The molecule has 0 saturated heterocycles. The molecule has 0 aromatic rings. The van der Waals surface area contributed by atoms with Gasteiger partial charge in [0.25, 0.3) is 0 Å². The van der Waals surface area contributed by atoms with Crippen LogP contribution in [-0.4, -0.2) is 8.07 Å². The first-order valence-electron chi connectivity index (χ1n) is 4.08. The highest BCUT2D eigenvalue weighted by molar-refractivity contribution is 6.76. The van der Waals surface area contributed by atoms with Gasteiger partial charge < -0.3 is 0 Å². The maximum Gasteiger partial charge on any atom is 0.0445 e. The molecule has 0 bridgehead atoms. The van der Waals surface area contributed by atoms with Crippen LogP contribution < -0.4 is 0 Å². The molecule has 0 aromatic heterocycles. The first-order chi connectivity index (χ1) is 4.08. The molecular weight excluding hydrogens is 124 g/mol. The molecule has 0 heterocycles. The Hall–Kier alpha value is 0.217. The molecule has 1 aliphatic carbocycles. The van der Waals surface area contributed by atoms with Crippen molar-refractivity contribution >= 4 is 8.07 Å². The third-order valence-corrected chi connectivity index (χ3v) is 3.93. The van der Waals surface area contributed by atoms with Crippen LogP contribution in [0.1, 0.15) is 19.3 Å². The molecule has 1 rings (SSSR count). The van der Waals surface area contributed by atoms with Gasteiger partial charge in [-0.25, -0.2) is 0 Å². The van der Waals surface area contributed by atoms with Crippen molar-refractivity contribution in [1.29, 1.82) is 0 Å². The Bertz CT molecular complexity index is 87.2. The van der Waals surface area contributed by atoms with Gasteiger partial charge in [-0.3, -0.25) is 0 Å². The van der Waals surface area contributed by atoms with Crippen molar-refractivity contribution < 1.29 is 0 Å². The summed E-state index contributed by atoms with van der Waals surface area (Å²) in [6.07, 6.45) is 4.57. The Morgan fingerprint density at radius 1 is 1.22 bits per heavy atom. The van der Waals surface area contributed by atoms with E-state index in [9.17, 15) is 0 Å². The van der Waals surface area contributed by atoms with Gasteiger partial charge in [-0.1, -0.05) is 44.9 Å². The molecule has 1 heteroatoms. The van der Waals surface area contributed by atoms with Crippen LogP contribution in [0.3, 0.4) is 0 Å². The van der Waals surface area contributed by atoms with E-state index in [4.69, 9.17) is 0 Å². The summed E-state index contributed by atoms with van der Waals surface area (Å²) in [7, 11) is -0.690. The summed E-state index contributed by atoms with van der Waals surface area (Å²) >= 11 is 0. The van der Waals surface area contributed by atoms with E-state index in [0.29, 0.717) is 0 Å². The van der Waals surface area contributed by atoms with E-state index < -0.39 is 8.07 Å².